The first kappa shape index (κ1) is 17.1. The van der Waals surface area contributed by atoms with Gasteiger partial charge in [0.15, 0.2) is 18.9 Å². The van der Waals surface area contributed by atoms with Crippen LogP contribution in [0.5, 0.6) is 0 Å². The first-order valence-corrected chi connectivity index (χ1v) is 8.29. The fourth-order valence-corrected chi connectivity index (χ4v) is 2.96. The van der Waals surface area contributed by atoms with Crippen molar-refractivity contribution in [3.8, 4) is 0 Å². The van der Waals surface area contributed by atoms with Crippen molar-refractivity contribution >= 4 is 11.8 Å². The largest absolute Gasteiger partial charge is 0.327 e. The van der Waals surface area contributed by atoms with E-state index >= 15 is 0 Å². The second kappa shape index (κ2) is 6.64. The van der Waals surface area contributed by atoms with Gasteiger partial charge in [-0.15, -0.1) is 0 Å². The van der Waals surface area contributed by atoms with Crippen LogP contribution in [-0.4, -0.2) is 37.4 Å². The van der Waals surface area contributed by atoms with Gasteiger partial charge in [0, 0.05) is 23.3 Å². The van der Waals surface area contributed by atoms with Crippen LogP contribution in [0.1, 0.15) is 22.6 Å². The van der Waals surface area contributed by atoms with Gasteiger partial charge in [-0.25, -0.2) is 4.57 Å². The lowest BCUT2D eigenvalue weighted by Gasteiger charge is -2.23. The van der Waals surface area contributed by atoms with Gasteiger partial charge in [-0.05, 0) is 5.56 Å². The molecule has 25 heavy (non-hydrogen) atoms. The van der Waals surface area contributed by atoms with E-state index in [1.807, 2.05) is 29.1 Å². The standard InChI is InChI=1S/C19H22N4O2/c1-23(2,3)13-15-6-4-14(5-7-15)12-22-10-8-16(9-11-22)17-18(24)20-21-19(17)25/h4-11,17H,12-13H2,1-3H3/p+2. The number of nitrogens with zero attached hydrogens (tertiary/aromatic N) is 2. The predicted octanol–water partition coefficient (Wildman–Crippen LogP) is 0.473. The van der Waals surface area contributed by atoms with Crippen LogP contribution in [-0.2, 0) is 22.7 Å². The maximum absolute atomic E-state index is 11.7. The monoisotopic (exact) mass is 340 g/mol. The second-order valence-electron chi connectivity index (χ2n) is 7.48. The van der Waals surface area contributed by atoms with Crippen molar-refractivity contribution in [3.63, 3.8) is 0 Å². The van der Waals surface area contributed by atoms with Crippen LogP contribution < -0.4 is 15.4 Å². The highest BCUT2D eigenvalue weighted by atomic mass is 16.2. The Bertz CT molecular complexity index is 761. The van der Waals surface area contributed by atoms with Crippen molar-refractivity contribution in [1.29, 1.82) is 0 Å². The zero-order valence-electron chi connectivity index (χ0n) is 14.8. The molecule has 0 bridgehead atoms. The van der Waals surface area contributed by atoms with Crippen molar-refractivity contribution in [2.45, 2.75) is 19.0 Å². The topological polar surface area (TPSA) is 62.1 Å². The average Bonchev–Trinajstić information content (AvgIpc) is 2.88. The molecule has 2 aromatic rings. The van der Waals surface area contributed by atoms with Crippen molar-refractivity contribution in [2.75, 3.05) is 21.1 Å². The molecule has 2 heterocycles. The number of hydrogen-bond acceptors (Lipinski definition) is 2. The lowest BCUT2D eigenvalue weighted by atomic mass is 10.0. The Kier molecular flexibility index (Phi) is 4.55. The Hall–Kier alpha value is -2.73. The van der Waals surface area contributed by atoms with Crippen LogP contribution >= 0.6 is 0 Å². The van der Waals surface area contributed by atoms with Gasteiger partial charge in [-0.2, -0.15) is 0 Å². The second-order valence-corrected chi connectivity index (χ2v) is 7.48. The molecule has 0 saturated carbocycles. The molecular formula is C19H24N4O2+2. The van der Waals surface area contributed by atoms with E-state index in [9.17, 15) is 9.59 Å². The summed E-state index contributed by atoms with van der Waals surface area (Å²) in [6.45, 7) is 1.74. The van der Waals surface area contributed by atoms with Crippen LogP contribution in [0.25, 0.3) is 0 Å². The molecule has 2 amide bonds. The Morgan fingerprint density at radius 2 is 1.40 bits per heavy atom. The molecular weight excluding hydrogens is 316 g/mol. The lowest BCUT2D eigenvalue weighted by molar-refractivity contribution is -0.884. The minimum atomic E-state index is -0.760. The summed E-state index contributed by atoms with van der Waals surface area (Å²) in [6.07, 6.45) is 3.79. The third kappa shape index (κ3) is 4.22. The summed E-state index contributed by atoms with van der Waals surface area (Å²) < 4.78 is 2.93. The summed E-state index contributed by atoms with van der Waals surface area (Å²) in [4.78, 5) is 23.4. The Morgan fingerprint density at radius 3 is 1.92 bits per heavy atom. The van der Waals surface area contributed by atoms with Crippen molar-refractivity contribution < 1.29 is 18.6 Å². The molecule has 0 spiro atoms. The Labute approximate surface area is 147 Å². The lowest BCUT2D eigenvalue weighted by Crippen LogP contribution is -2.34. The average molecular weight is 340 g/mol. The van der Waals surface area contributed by atoms with Crippen LogP contribution in [0.4, 0.5) is 0 Å². The minimum absolute atomic E-state index is 0.310. The van der Waals surface area contributed by atoms with E-state index in [1.54, 1.807) is 0 Å². The van der Waals surface area contributed by atoms with E-state index in [2.05, 4.69) is 56.3 Å². The molecule has 2 N–H and O–H groups in total. The summed E-state index contributed by atoms with van der Waals surface area (Å²) in [5.41, 5.74) is 7.91. The van der Waals surface area contributed by atoms with Gasteiger partial charge in [-0.3, -0.25) is 20.4 Å². The van der Waals surface area contributed by atoms with Gasteiger partial charge in [0.05, 0.1) is 21.1 Å². The number of rotatable bonds is 5. The summed E-state index contributed by atoms with van der Waals surface area (Å²) in [5.74, 6) is -1.38. The molecule has 1 saturated heterocycles. The number of aromatic nitrogens is 1. The quantitative estimate of drug-likeness (QED) is 0.472. The Morgan fingerprint density at radius 1 is 0.880 bits per heavy atom. The van der Waals surface area contributed by atoms with Gasteiger partial charge < -0.3 is 4.48 Å². The van der Waals surface area contributed by atoms with Gasteiger partial charge in [-0.1, -0.05) is 24.3 Å². The van der Waals surface area contributed by atoms with Gasteiger partial charge >= 0.3 is 0 Å². The first-order chi connectivity index (χ1) is 11.8. The normalized spacial score (nSPS) is 15.2. The van der Waals surface area contributed by atoms with E-state index in [0.717, 1.165) is 17.6 Å². The van der Waals surface area contributed by atoms with Crippen LogP contribution in [0.3, 0.4) is 0 Å². The van der Waals surface area contributed by atoms with E-state index < -0.39 is 5.92 Å². The number of quaternary nitrogens is 1. The smallest absolute Gasteiger partial charge is 0.255 e. The molecule has 1 aromatic heterocycles. The zero-order valence-corrected chi connectivity index (χ0v) is 14.8. The van der Waals surface area contributed by atoms with Crippen LogP contribution in [0.15, 0.2) is 48.8 Å². The fraction of sp³-hybridized carbons (Fsp3) is 0.316. The maximum Gasteiger partial charge on any atom is 0.255 e. The van der Waals surface area contributed by atoms with Crippen molar-refractivity contribution in [2.24, 2.45) is 0 Å². The predicted molar refractivity (Wildman–Crippen MR) is 92.9 cm³/mol. The molecule has 0 aliphatic carbocycles. The minimum Gasteiger partial charge on any atom is -0.327 e. The molecule has 1 aliphatic heterocycles. The summed E-state index contributed by atoms with van der Waals surface area (Å²) in [6, 6.07) is 12.3. The maximum atomic E-state index is 11.7. The molecule has 130 valence electrons. The molecule has 0 radical (unpaired) electrons. The van der Waals surface area contributed by atoms with Crippen LogP contribution in [0.2, 0.25) is 0 Å². The molecule has 1 aliphatic rings. The number of pyridine rings is 1. The van der Waals surface area contributed by atoms with Crippen molar-refractivity contribution in [3.05, 3.63) is 65.5 Å². The zero-order chi connectivity index (χ0) is 18.0. The molecule has 6 nitrogen and oxygen atoms in total. The SMILES string of the molecule is C[N+](C)(C)Cc1ccc(C[n+]2ccc(C3C(=O)NNC3=O)cc2)cc1. The number of nitrogens with one attached hydrogen (secondary N) is 2. The molecule has 0 unspecified atom stereocenters. The van der Waals surface area contributed by atoms with Gasteiger partial charge in [0.1, 0.15) is 12.5 Å². The number of benzene rings is 1. The number of carbonyl (C=O) groups is 2. The molecule has 1 fully saturated rings. The Balaban J connectivity index is 1.67. The summed E-state index contributed by atoms with van der Waals surface area (Å²) in [5, 5.41) is 0. The summed E-state index contributed by atoms with van der Waals surface area (Å²) in [7, 11) is 6.53. The highest BCUT2D eigenvalue weighted by Gasteiger charge is 2.34. The number of carbonyl (C=O) groups excluding carboxylic acids is 2. The molecule has 0 atom stereocenters. The highest BCUT2D eigenvalue weighted by molar-refractivity contribution is 6.10. The highest BCUT2D eigenvalue weighted by Crippen LogP contribution is 2.17. The first-order valence-electron chi connectivity index (χ1n) is 8.29. The molecule has 6 heteroatoms. The molecule has 1 aromatic carbocycles. The van der Waals surface area contributed by atoms with Gasteiger partial charge in [0.2, 0.25) is 0 Å². The van der Waals surface area contributed by atoms with Crippen LogP contribution in [0, 0.1) is 0 Å². The third-order valence-electron chi connectivity index (χ3n) is 4.13. The van der Waals surface area contributed by atoms with E-state index in [0.29, 0.717) is 5.56 Å². The van der Waals surface area contributed by atoms with E-state index in [1.165, 1.54) is 11.1 Å². The van der Waals surface area contributed by atoms with E-state index in [4.69, 9.17) is 0 Å². The van der Waals surface area contributed by atoms with Gasteiger partial charge in [0.25, 0.3) is 11.8 Å². The van der Waals surface area contributed by atoms with E-state index in [-0.39, 0.29) is 11.8 Å². The number of hydrogen-bond donors (Lipinski definition) is 2. The molecule has 3 rings (SSSR count). The number of amides is 2. The van der Waals surface area contributed by atoms with Crippen molar-refractivity contribution in [1.82, 2.24) is 10.9 Å². The third-order valence-corrected chi connectivity index (χ3v) is 4.13. The summed E-state index contributed by atoms with van der Waals surface area (Å²) >= 11 is 0. The fourth-order valence-electron chi connectivity index (χ4n) is 2.96. The number of hydrazine groups is 1.